The molecule has 40 heavy (non-hydrogen) atoms. The van der Waals surface area contributed by atoms with Gasteiger partial charge in [-0.2, -0.15) is 8.78 Å². The Bertz CT molecular complexity index is 1290. The van der Waals surface area contributed by atoms with Crippen molar-refractivity contribution in [3.05, 3.63) is 89.0 Å². The average molecular weight is 572 g/mol. The summed E-state index contributed by atoms with van der Waals surface area (Å²) in [6.45, 7) is 3.26. The Morgan fingerprint density at radius 1 is 0.875 bits per heavy atom. The van der Waals surface area contributed by atoms with Gasteiger partial charge in [-0.1, -0.05) is 37.6 Å². The molecule has 0 unspecified atom stereocenters. The van der Waals surface area contributed by atoms with Crippen LogP contribution in [-0.2, 0) is 20.3 Å². The third-order valence-electron chi connectivity index (χ3n) is 6.06. The van der Waals surface area contributed by atoms with E-state index in [1.807, 2.05) is 0 Å². The van der Waals surface area contributed by atoms with Crippen molar-refractivity contribution < 1.29 is 54.5 Å². The topological polar surface area (TPSA) is 54.0 Å². The largest absolute Gasteiger partial charge is 0.527 e. The van der Waals surface area contributed by atoms with Crippen molar-refractivity contribution in [3.63, 3.8) is 0 Å². The molecule has 0 saturated carbocycles. The van der Waals surface area contributed by atoms with Crippen molar-refractivity contribution in [2.75, 3.05) is 13.2 Å². The molecule has 0 bridgehead atoms. The molecule has 4 rings (SSSR count). The minimum Gasteiger partial charge on any atom is -0.423 e. The summed E-state index contributed by atoms with van der Waals surface area (Å²) in [5.74, 6) is -4.15. The maximum Gasteiger partial charge on any atom is 0.527 e. The van der Waals surface area contributed by atoms with Gasteiger partial charge in [0.1, 0.15) is 22.9 Å². The first kappa shape index (κ1) is 29.5. The Balaban J connectivity index is 1.40. The van der Waals surface area contributed by atoms with Crippen molar-refractivity contribution in [2.45, 2.75) is 38.5 Å². The van der Waals surface area contributed by atoms with Crippen LogP contribution in [0.4, 0.5) is 30.7 Å². The number of hydrogen-bond acceptors (Lipinski definition) is 5. The molecular weight excluding hydrogens is 549 g/mol. The number of benzene rings is 3. The summed E-state index contributed by atoms with van der Waals surface area (Å²) in [5, 5.41) is 0. The Labute approximate surface area is 224 Å². The first-order valence-electron chi connectivity index (χ1n) is 12.2. The van der Waals surface area contributed by atoms with Crippen LogP contribution < -0.4 is 4.74 Å². The highest BCUT2D eigenvalue weighted by Gasteiger charge is 2.49. The van der Waals surface area contributed by atoms with E-state index in [1.165, 1.54) is 24.3 Å². The summed E-state index contributed by atoms with van der Waals surface area (Å²) in [6.07, 6.45) is -9.59. The molecule has 1 aliphatic rings. The van der Waals surface area contributed by atoms with Crippen LogP contribution in [0.25, 0.3) is 11.1 Å². The Morgan fingerprint density at radius 3 is 1.98 bits per heavy atom. The lowest BCUT2D eigenvalue weighted by Gasteiger charge is -2.29. The predicted molar refractivity (Wildman–Crippen MR) is 127 cm³/mol. The highest BCUT2D eigenvalue weighted by atomic mass is 19.4. The van der Waals surface area contributed by atoms with Crippen molar-refractivity contribution in [2.24, 2.45) is 5.92 Å². The summed E-state index contributed by atoms with van der Waals surface area (Å²) in [4.78, 5) is 12.5. The second-order valence-electron chi connectivity index (χ2n) is 9.07. The molecule has 12 heteroatoms. The fraction of sp³-hybridized carbons (Fsp3) is 0.321. The number of alkyl halides is 5. The molecule has 0 spiro atoms. The molecule has 0 N–H and O–H groups in total. The molecule has 5 nitrogen and oxygen atoms in total. The fourth-order valence-electron chi connectivity index (χ4n) is 4.18. The van der Waals surface area contributed by atoms with Crippen molar-refractivity contribution in [1.29, 1.82) is 0 Å². The number of hydrogen-bond donors (Lipinski definition) is 0. The summed E-state index contributed by atoms with van der Waals surface area (Å²) in [5.41, 5.74) is -1.34. The lowest BCUT2D eigenvalue weighted by molar-refractivity contribution is -0.432. The van der Waals surface area contributed by atoms with Crippen LogP contribution in [0.1, 0.15) is 47.5 Å². The van der Waals surface area contributed by atoms with Crippen molar-refractivity contribution in [1.82, 2.24) is 0 Å². The summed E-state index contributed by atoms with van der Waals surface area (Å²) in [7, 11) is 0. The number of carbonyl (C=O) groups is 1. The second kappa shape index (κ2) is 11.9. The SMILES string of the molecule is CCCC1COC(c2ccc(C(=O)Oc3ccc(-c4cc(F)c(C(F)(F)OC(F)(F)F)c(F)c4)cc3)cc2)OC1. The fourth-order valence-corrected chi connectivity index (χ4v) is 4.18. The molecule has 214 valence electrons. The van der Waals surface area contributed by atoms with Crippen LogP contribution in [-0.4, -0.2) is 25.5 Å². The highest BCUT2D eigenvalue weighted by Crippen LogP contribution is 2.40. The Hall–Kier alpha value is -3.48. The van der Waals surface area contributed by atoms with Gasteiger partial charge in [-0.3, -0.25) is 0 Å². The lowest BCUT2D eigenvalue weighted by Crippen LogP contribution is -2.29. The minimum absolute atomic E-state index is 0.0708. The summed E-state index contributed by atoms with van der Waals surface area (Å²) < 4.78 is 112. The third kappa shape index (κ3) is 7.18. The second-order valence-corrected chi connectivity index (χ2v) is 9.07. The smallest absolute Gasteiger partial charge is 0.423 e. The lowest BCUT2D eigenvalue weighted by atomic mass is 10.0. The van der Waals surface area contributed by atoms with Crippen LogP contribution in [0.15, 0.2) is 60.7 Å². The van der Waals surface area contributed by atoms with Gasteiger partial charge in [0.25, 0.3) is 0 Å². The number of esters is 1. The highest BCUT2D eigenvalue weighted by molar-refractivity contribution is 5.91. The molecule has 3 aromatic rings. The maximum absolute atomic E-state index is 14.2. The zero-order chi connectivity index (χ0) is 29.1. The van der Waals surface area contributed by atoms with E-state index in [0.29, 0.717) is 31.3 Å². The van der Waals surface area contributed by atoms with Crippen LogP contribution in [0, 0.1) is 17.6 Å². The Morgan fingerprint density at radius 2 is 1.45 bits per heavy atom. The zero-order valence-corrected chi connectivity index (χ0v) is 20.9. The van der Waals surface area contributed by atoms with Gasteiger partial charge in [-0.05, 0) is 53.9 Å². The molecule has 3 aromatic carbocycles. The van der Waals surface area contributed by atoms with Crippen LogP contribution in [0.3, 0.4) is 0 Å². The summed E-state index contributed by atoms with van der Waals surface area (Å²) >= 11 is 0. The van der Waals surface area contributed by atoms with Gasteiger partial charge in [-0.15, -0.1) is 13.2 Å². The van der Waals surface area contributed by atoms with Crippen LogP contribution in [0.2, 0.25) is 0 Å². The molecule has 0 aromatic heterocycles. The van der Waals surface area contributed by atoms with Gasteiger partial charge >= 0.3 is 18.4 Å². The molecule has 0 amide bonds. The molecular formula is C28H23F7O5. The Kier molecular flexibility index (Phi) is 8.81. The van der Waals surface area contributed by atoms with Gasteiger partial charge < -0.3 is 14.2 Å². The van der Waals surface area contributed by atoms with E-state index < -0.39 is 41.9 Å². The van der Waals surface area contributed by atoms with E-state index in [2.05, 4.69) is 11.7 Å². The van der Waals surface area contributed by atoms with Gasteiger partial charge in [0.05, 0.1) is 18.8 Å². The molecule has 1 heterocycles. The van der Waals surface area contributed by atoms with Gasteiger partial charge in [-0.25, -0.2) is 18.3 Å². The van der Waals surface area contributed by atoms with E-state index in [0.717, 1.165) is 18.4 Å². The van der Waals surface area contributed by atoms with Crippen molar-refractivity contribution >= 4 is 5.97 Å². The number of rotatable bonds is 8. The van der Waals surface area contributed by atoms with Crippen LogP contribution in [0.5, 0.6) is 5.75 Å². The molecule has 0 aliphatic carbocycles. The van der Waals surface area contributed by atoms with Crippen molar-refractivity contribution in [3.8, 4) is 16.9 Å². The monoisotopic (exact) mass is 572 g/mol. The maximum atomic E-state index is 14.2. The zero-order valence-electron chi connectivity index (χ0n) is 20.9. The molecule has 0 atom stereocenters. The van der Waals surface area contributed by atoms with Gasteiger partial charge in [0.15, 0.2) is 6.29 Å². The third-order valence-corrected chi connectivity index (χ3v) is 6.06. The molecule has 1 aliphatic heterocycles. The summed E-state index contributed by atoms with van der Waals surface area (Å²) in [6, 6.07) is 12.5. The molecule has 0 radical (unpaired) electrons. The first-order valence-corrected chi connectivity index (χ1v) is 12.2. The number of carbonyl (C=O) groups excluding carboxylic acids is 1. The normalized spacial score (nSPS) is 18.0. The van der Waals surface area contributed by atoms with E-state index in [1.54, 1.807) is 24.3 Å². The van der Waals surface area contributed by atoms with E-state index in [9.17, 15) is 35.5 Å². The quantitative estimate of drug-likeness (QED) is 0.156. The van der Waals surface area contributed by atoms with Gasteiger partial charge in [0, 0.05) is 11.5 Å². The predicted octanol–water partition coefficient (Wildman–Crippen LogP) is 7.90. The van der Waals surface area contributed by atoms with E-state index >= 15 is 0 Å². The molecule has 1 saturated heterocycles. The first-order chi connectivity index (χ1) is 18.9. The van der Waals surface area contributed by atoms with E-state index in [4.69, 9.17) is 14.2 Å². The standard InChI is InChI=1S/C28H23F7O5/c1-2-3-16-14-37-26(38-15-16)19-6-4-18(5-7-19)25(36)39-21-10-8-17(9-11-21)20-12-22(29)24(23(30)13-20)27(31,32)40-28(33,34)35/h4-13,16,26H,2-3,14-15H2,1H3. The minimum atomic E-state index is -5.83. The van der Waals surface area contributed by atoms with E-state index in [-0.39, 0.29) is 22.4 Å². The number of halogens is 7. The number of ether oxygens (including phenoxy) is 4. The van der Waals surface area contributed by atoms with Gasteiger partial charge in [0.2, 0.25) is 0 Å². The van der Waals surface area contributed by atoms with Crippen LogP contribution >= 0.6 is 0 Å². The average Bonchev–Trinajstić information content (AvgIpc) is 2.88. The molecule has 1 fully saturated rings.